The van der Waals surface area contributed by atoms with Crippen LogP contribution in [-0.4, -0.2) is 19.3 Å². The second-order valence-corrected chi connectivity index (χ2v) is 4.77. The van der Waals surface area contributed by atoms with Crippen LogP contribution in [0.3, 0.4) is 0 Å². The Hall–Kier alpha value is -1.07. The molecule has 0 spiro atoms. The molecule has 1 unspecified atom stereocenters. The summed E-state index contributed by atoms with van der Waals surface area (Å²) in [6.45, 7) is 1.58. The van der Waals surface area contributed by atoms with Crippen LogP contribution < -0.4 is 5.32 Å². The third-order valence-corrected chi connectivity index (χ3v) is 3.28. The van der Waals surface area contributed by atoms with E-state index in [2.05, 4.69) is 5.32 Å². The molecule has 0 aliphatic carbocycles. The third-order valence-electron chi connectivity index (χ3n) is 3.28. The SMILES string of the molecule is FC(F)(F)c1ccccc1CNCC1CCCCO1. The van der Waals surface area contributed by atoms with Crippen molar-refractivity contribution in [1.82, 2.24) is 5.32 Å². The van der Waals surface area contributed by atoms with Crippen molar-refractivity contribution in [2.45, 2.75) is 38.1 Å². The van der Waals surface area contributed by atoms with Crippen LogP contribution in [0, 0.1) is 0 Å². The van der Waals surface area contributed by atoms with E-state index >= 15 is 0 Å². The van der Waals surface area contributed by atoms with E-state index in [1.165, 1.54) is 12.1 Å². The molecule has 1 N–H and O–H groups in total. The predicted octanol–water partition coefficient (Wildman–Crippen LogP) is 3.36. The summed E-state index contributed by atoms with van der Waals surface area (Å²) >= 11 is 0. The van der Waals surface area contributed by atoms with Gasteiger partial charge in [0.2, 0.25) is 0 Å². The number of halogens is 3. The molecule has 0 saturated carbocycles. The highest BCUT2D eigenvalue weighted by atomic mass is 19.4. The number of nitrogens with one attached hydrogen (secondary N) is 1. The smallest absolute Gasteiger partial charge is 0.377 e. The number of benzene rings is 1. The Morgan fingerprint density at radius 2 is 2.00 bits per heavy atom. The monoisotopic (exact) mass is 273 g/mol. The van der Waals surface area contributed by atoms with Crippen molar-refractivity contribution in [3.63, 3.8) is 0 Å². The number of rotatable bonds is 4. The Labute approximate surface area is 111 Å². The highest BCUT2D eigenvalue weighted by Gasteiger charge is 2.32. The lowest BCUT2D eigenvalue weighted by molar-refractivity contribution is -0.138. The first-order valence-corrected chi connectivity index (χ1v) is 6.55. The largest absolute Gasteiger partial charge is 0.416 e. The van der Waals surface area contributed by atoms with Crippen molar-refractivity contribution in [1.29, 1.82) is 0 Å². The lowest BCUT2D eigenvalue weighted by atomic mass is 10.1. The first-order chi connectivity index (χ1) is 9.07. The topological polar surface area (TPSA) is 21.3 Å². The number of hydrogen-bond donors (Lipinski definition) is 1. The quantitative estimate of drug-likeness (QED) is 0.908. The molecule has 5 heteroatoms. The third kappa shape index (κ3) is 4.21. The molecule has 0 radical (unpaired) electrons. The van der Waals surface area contributed by atoms with E-state index in [1.54, 1.807) is 6.07 Å². The molecule has 1 atom stereocenters. The van der Waals surface area contributed by atoms with Gasteiger partial charge < -0.3 is 10.1 Å². The maximum atomic E-state index is 12.8. The molecule has 0 amide bonds. The molecule has 106 valence electrons. The molecule has 19 heavy (non-hydrogen) atoms. The molecular weight excluding hydrogens is 255 g/mol. The molecule has 0 aromatic heterocycles. The second-order valence-electron chi connectivity index (χ2n) is 4.77. The Bertz CT molecular complexity index is 400. The van der Waals surface area contributed by atoms with E-state index in [1.807, 2.05) is 0 Å². The maximum absolute atomic E-state index is 12.8. The number of alkyl halides is 3. The Kier molecular flexibility index (Phi) is 4.82. The summed E-state index contributed by atoms with van der Waals surface area (Å²) in [4.78, 5) is 0. The fraction of sp³-hybridized carbons (Fsp3) is 0.571. The van der Waals surface area contributed by atoms with Crippen molar-refractivity contribution in [2.75, 3.05) is 13.2 Å². The van der Waals surface area contributed by atoms with E-state index in [4.69, 9.17) is 4.74 Å². The molecule has 1 aromatic rings. The molecule has 2 rings (SSSR count). The zero-order valence-corrected chi connectivity index (χ0v) is 10.7. The summed E-state index contributed by atoms with van der Waals surface area (Å²) in [6.07, 6.45) is -0.973. The van der Waals surface area contributed by atoms with Gasteiger partial charge in [-0.1, -0.05) is 18.2 Å². The molecule has 1 saturated heterocycles. The van der Waals surface area contributed by atoms with Gasteiger partial charge in [0.25, 0.3) is 0 Å². The van der Waals surface area contributed by atoms with Gasteiger partial charge in [0.05, 0.1) is 11.7 Å². The van der Waals surface area contributed by atoms with Crippen LogP contribution in [-0.2, 0) is 17.5 Å². The zero-order chi connectivity index (χ0) is 13.7. The Balaban J connectivity index is 1.88. The van der Waals surface area contributed by atoms with Crippen molar-refractivity contribution in [3.05, 3.63) is 35.4 Å². The first kappa shape index (κ1) is 14.3. The van der Waals surface area contributed by atoms with E-state index in [0.29, 0.717) is 6.54 Å². The molecule has 1 aliphatic heterocycles. The fourth-order valence-corrected chi connectivity index (χ4v) is 2.29. The van der Waals surface area contributed by atoms with Crippen molar-refractivity contribution in [2.24, 2.45) is 0 Å². The Morgan fingerprint density at radius 1 is 1.21 bits per heavy atom. The molecule has 1 aliphatic rings. The maximum Gasteiger partial charge on any atom is 0.416 e. The van der Waals surface area contributed by atoms with Crippen LogP contribution in [0.4, 0.5) is 13.2 Å². The van der Waals surface area contributed by atoms with Crippen molar-refractivity contribution < 1.29 is 17.9 Å². The van der Waals surface area contributed by atoms with Crippen LogP contribution in [0.1, 0.15) is 30.4 Å². The van der Waals surface area contributed by atoms with Crippen LogP contribution in [0.15, 0.2) is 24.3 Å². The molecule has 2 nitrogen and oxygen atoms in total. The van der Waals surface area contributed by atoms with Gasteiger partial charge in [-0.25, -0.2) is 0 Å². The lowest BCUT2D eigenvalue weighted by Crippen LogP contribution is -2.31. The minimum Gasteiger partial charge on any atom is -0.377 e. The van der Waals surface area contributed by atoms with Gasteiger partial charge in [0, 0.05) is 19.7 Å². The number of hydrogen-bond acceptors (Lipinski definition) is 2. The van der Waals surface area contributed by atoms with Gasteiger partial charge in [-0.2, -0.15) is 13.2 Å². The normalized spacial score (nSPS) is 20.5. The standard InChI is InChI=1S/C14H18F3NO/c15-14(16,17)13-7-2-1-5-11(13)9-18-10-12-6-3-4-8-19-12/h1-2,5,7,12,18H,3-4,6,8-10H2. The van der Waals surface area contributed by atoms with Gasteiger partial charge in [0.15, 0.2) is 0 Å². The fourth-order valence-electron chi connectivity index (χ4n) is 2.29. The van der Waals surface area contributed by atoms with Gasteiger partial charge >= 0.3 is 6.18 Å². The predicted molar refractivity (Wildman–Crippen MR) is 66.7 cm³/mol. The zero-order valence-electron chi connectivity index (χ0n) is 10.7. The van der Waals surface area contributed by atoms with Crippen molar-refractivity contribution >= 4 is 0 Å². The van der Waals surface area contributed by atoms with Crippen LogP contribution in [0.2, 0.25) is 0 Å². The highest BCUT2D eigenvalue weighted by molar-refractivity contribution is 5.29. The molecule has 0 bridgehead atoms. The summed E-state index contributed by atoms with van der Waals surface area (Å²) in [5.74, 6) is 0. The van der Waals surface area contributed by atoms with E-state index < -0.39 is 11.7 Å². The molecule has 1 aromatic carbocycles. The van der Waals surface area contributed by atoms with Crippen LogP contribution >= 0.6 is 0 Å². The average Bonchev–Trinajstić information content (AvgIpc) is 2.39. The summed E-state index contributed by atoms with van der Waals surface area (Å²) < 4.78 is 43.9. The molecule has 1 fully saturated rings. The second kappa shape index (κ2) is 6.39. The van der Waals surface area contributed by atoms with E-state index in [-0.39, 0.29) is 18.2 Å². The van der Waals surface area contributed by atoms with Gasteiger partial charge in [-0.05, 0) is 30.9 Å². The summed E-state index contributed by atoms with van der Waals surface area (Å²) in [6, 6.07) is 5.67. The van der Waals surface area contributed by atoms with Crippen LogP contribution in [0.5, 0.6) is 0 Å². The average molecular weight is 273 g/mol. The van der Waals surface area contributed by atoms with Crippen LogP contribution in [0.25, 0.3) is 0 Å². The van der Waals surface area contributed by atoms with Gasteiger partial charge in [0.1, 0.15) is 0 Å². The number of ether oxygens (including phenoxy) is 1. The van der Waals surface area contributed by atoms with E-state index in [0.717, 1.165) is 31.9 Å². The summed E-state index contributed by atoms with van der Waals surface area (Å²) in [7, 11) is 0. The lowest BCUT2D eigenvalue weighted by Gasteiger charge is -2.23. The summed E-state index contributed by atoms with van der Waals surface area (Å²) in [5.41, 5.74) is -0.280. The van der Waals surface area contributed by atoms with Gasteiger partial charge in [-0.3, -0.25) is 0 Å². The Morgan fingerprint density at radius 3 is 2.68 bits per heavy atom. The molecule has 1 heterocycles. The van der Waals surface area contributed by atoms with Crippen molar-refractivity contribution in [3.8, 4) is 0 Å². The minimum absolute atomic E-state index is 0.131. The van der Waals surface area contributed by atoms with E-state index in [9.17, 15) is 13.2 Å². The molecular formula is C14H18F3NO. The highest BCUT2D eigenvalue weighted by Crippen LogP contribution is 2.31. The minimum atomic E-state index is -4.29. The van der Waals surface area contributed by atoms with Gasteiger partial charge in [-0.15, -0.1) is 0 Å². The first-order valence-electron chi connectivity index (χ1n) is 6.55. The summed E-state index contributed by atoms with van der Waals surface area (Å²) in [5, 5.41) is 3.06.